The van der Waals surface area contributed by atoms with Gasteiger partial charge in [-0.2, -0.15) is 0 Å². The summed E-state index contributed by atoms with van der Waals surface area (Å²) in [6, 6.07) is 22.3. The summed E-state index contributed by atoms with van der Waals surface area (Å²) in [7, 11) is -8.34. The Morgan fingerprint density at radius 1 is 0.812 bits per heavy atom. The zero-order valence-corrected chi connectivity index (χ0v) is 19.4. The molecule has 0 unspecified atom stereocenters. The third-order valence-electron chi connectivity index (χ3n) is 5.43. The van der Waals surface area contributed by atoms with Crippen LogP contribution in [-0.4, -0.2) is 20.8 Å². The summed E-state index contributed by atoms with van der Waals surface area (Å²) < 4.78 is 54.5. The Kier molecular flexibility index (Phi) is 5.70. The normalized spacial score (nSPS) is 12.5. The summed E-state index contributed by atoms with van der Waals surface area (Å²) in [6.45, 7) is 3.86. The lowest BCUT2D eigenvalue weighted by molar-refractivity contribution is 0.586. The smallest absolute Gasteiger partial charge is 0.236 e. The molecule has 0 bridgehead atoms. The van der Waals surface area contributed by atoms with Crippen LogP contribution < -0.4 is 5.14 Å². The van der Waals surface area contributed by atoms with E-state index in [0.717, 1.165) is 15.1 Å². The molecule has 0 spiro atoms. The van der Waals surface area contributed by atoms with E-state index in [4.69, 9.17) is 5.14 Å². The van der Waals surface area contributed by atoms with Crippen LogP contribution in [0.3, 0.4) is 0 Å². The summed E-state index contributed by atoms with van der Waals surface area (Å²) in [4.78, 5) is -0.0673. The maximum Gasteiger partial charge on any atom is 0.268 e. The van der Waals surface area contributed by atoms with Crippen LogP contribution in [-0.2, 0) is 26.5 Å². The average molecular weight is 469 g/mol. The lowest BCUT2D eigenvalue weighted by Crippen LogP contribution is -2.19. The van der Waals surface area contributed by atoms with Gasteiger partial charge < -0.3 is 0 Å². The summed E-state index contributed by atoms with van der Waals surface area (Å²) >= 11 is 0. The maximum absolute atomic E-state index is 13.8. The Bertz CT molecular complexity index is 1490. The minimum Gasteiger partial charge on any atom is -0.236 e. The first-order valence-corrected chi connectivity index (χ1v) is 13.1. The van der Waals surface area contributed by atoms with Crippen molar-refractivity contribution in [1.29, 1.82) is 0 Å². The van der Waals surface area contributed by atoms with E-state index in [0.29, 0.717) is 10.9 Å². The number of hydrogen-bond donors (Lipinski definition) is 1. The van der Waals surface area contributed by atoms with Crippen LogP contribution in [0.15, 0.2) is 88.7 Å². The molecule has 0 saturated carbocycles. The first-order chi connectivity index (χ1) is 15.1. The highest BCUT2D eigenvalue weighted by atomic mass is 32.2. The molecule has 0 aliphatic carbocycles. The second-order valence-corrected chi connectivity index (χ2v) is 11.2. The number of benzene rings is 3. The minimum atomic E-state index is -4.24. The van der Waals surface area contributed by atoms with Gasteiger partial charge in [0.05, 0.1) is 16.1 Å². The number of rotatable bonds is 6. The number of sulfonamides is 1. The van der Waals surface area contributed by atoms with Crippen LogP contribution in [0.5, 0.6) is 0 Å². The van der Waals surface area contributed by atoms with Crippen molar-refractivity contribution in [1.82, 2.24) is 3.97 Å². The number of hydrogen-bond acceptors (Lipinski definition) is 4. The van der Waals surface area contributed by atoms with Gasteiger partial charge in [0.1, 0.15) is 4.90 Å². The Morgan fingerprint density at radius 3 is 1.97 bits per heavy atom. The van der Waals surface area contributed by atoms with Gasteiger partial charge in [-0.25, -0.2) is 25.9 Å². The third-order valence-corrected chi connectivity index (χ3v) is 8.20. The molecule has 0 saturated heterocycles. The van der Waals surface area contributed by atoms with Crippen LogP contribution in [0.4, 0.5) is 0 Å². The predicted molar refractivity (Wildman–Crippen MR) is 126 cm³/mol. The monoisotopic (exact) mass is 468 g/mol. The molecule has 0 aliphatic heterocycles. The van der Waals surface area contributed by atoms with Gasteiger partial charge in [-0.1, -0.05) is 74.5 Å². The molecular weight excluding hydrogens is 444 g/mol. The van der Waals surface area contributed by atoms with Gasteiger partial charge in [0.25, 0.3) is 10.0 Å². The molecule has 2 N–H and O–H groups in total. The lowest BCUT2D eigenvalue weighted by Gasteiger charge is -2.13. The van der Waals surface area contributed by atoms with Crippen LogP contribution in [0.1, 0.15) is 36.6 Å². The molecule has 0 amide bonds. The highest BCUT2D eigenvalue weighted by Gasteiger charge is 2.32. The fraction of sp³-hybridized carbons (Fsp3) is 0.167. The number of aromatic nitrogens is 1. The van der Waals surface area contributed by atoms with E-state index in [-0.39, 0.29) is 27.8 Å². The van der Waals surface area contributed by atoms with Gasteiger partial charge in [-0.05, 0) is 35.2 Å². The highest BCUT2D eigenvalue weighted by Crippen LogP contribution is 2.38. The number of fused-ring (bicyclic) bond motifs is 1. The molecule has 166 valence electrons. The van der Waals surface area contributed by atoms with Gasteiger partial charge >= 0.3 is 0 Å². The zero-order chi connectivity index (χ0) is 23.1. The molecule has 0 atom stereocenters. The molecule has 1 heterocycles. The van der Waals surface area contributed by atoms with Gasteiger partial charge in [-0.3, -0.25) is 0 Å². The predicted octanol–water partition coefficient (Wildman–Crippen LogP) is 4.24. The van der Waals surface area contributed by atoms with E-state index < -0.39 is 20.0 Å². The molecule has 1 aromatic heterocycles. The van der Waals surface area contributed by atoms with Gasteiger partial charge in [0, 0.05) is 11.8 Å². The van der Waals surface area contributed by atoms with Crippen molar-refractivity contribution < 1.29 is 16.8 Å². The first kappa shape index (κ1) is 22.3. The summed E-state index contributed by atoms with van der Waals surface area (Å²) in [5.74, 6) is -0.0425. The minimum absolute atomic E-state index is 0.0425. The van der Waals surface area contributed by atoms with Crippen molar-refractivity contribution in [3.05, 3.63) is 95.7 Å². The third kappa shape index (κ3) is 3.85. The highest BCUT2D eigenvalue weighted by molar-refractivity contribution is 7.90. The van der Waals surface area contributed by atoms with E-state index in [1.165, 1.54) is 12.1 Å². The fourth-order valence-electron chi connectivity index (χ4n) is 4.06. The number of primary sulfonamides is 1. The molecule has 0 aliphatic rings. The van der Waals surface area contributed by atoms with Crippen molar-refractivity contribution in [2.24, 2.45) is 5.14 Å². The average Bonchev–Trinajstić information content (AvgIpc) is 3.09. The van der Waals surface area contributed by atoms with Crippen LogP contribution >= 0.6 is 0 Å². The van der Waals surface area contributed by atoms with E-state index in [1.54, 1.807) is 30.3 Å². The second-order valence-electron chi connectivity index (χ2n) is 7.96. The topological polar surface area (TPSA) is 99.2 Å². The summed E-state index contributed by atoms with van der Waals surface area (Å²) in [5, 5.41) is 6.06. The van der Waals surface area contributed by atoms with E-state index in [9.17, 15) is 16.8 Å². The lowest BCUT2D eigenvalue weighted by atomic mass is 9.99. The van der Waals surface area contributed by atoms with Crippen LogP contribution in [0.25, 0.3) is 10.9 Å². The Labute approximate surface area is 188 Å². The van der Waals surface area contributed by atoms with Gasteiger partial charge in [0.2, 0.25) is 10.0 Å². The second kappa shape index (κ2) is 8.20. The number of nitrogens with zero attached hydrogens (tertiary/aromatic N) is 1. The van der Waals surface area contributed by atoms with Crippen molar-refractivity contribution in [3.63, 3.8) is 0 Å². The van der Waals surface area contributed by atoms with Crippen molar-refractivity contribution in [2.45, 2.75) is 36.0 Å². The molecule has 4 aromatic rings. The molecule has 4 rings (SSSR count). The Hall–Kier alpha value is -2.94. The Morgan fingerprint density at radius 2 is 1.41 bits per heavy atom. The summed E-state index contributed by atoms with van der Waals surface area (Å²) in [5.41, 5.74) is 1.93. The zero-order valence-electron chi connectivity index (χ0n) is 17.8. The largest absolute Gasteiger partial charge is 0.268 e. The quantitative estimate of drug-likeness (QED) is 0.457. The molecular formula is C24H24N2O4S2. The van der Waals surface area contributed by atoms with Gasteiger partial charge in [0.15, 0.2) is 0 Å². The molecule has 0 fully saturated rings. The van der Waals surface area contributed by atoms with E-state index >= 15 is 0 Å². The van der Waals surface area contributed by atoms with Gasteiger partial charge in [-0.15, -0.1) is 0 Å². The molecule has 6 nitrogen and oxygen atoms in total. The van der Waals surface area contributed by atoms with Crippen molar-refractivity contribution in [2.75, 3.05) is 0 Å². The first-order valence-electron chi connectivity index (χ1n) is 10.2. The van der Waals surface area contributed by atoms with E-state index in [2.05, 4.69) is 0 Å². The van der Waals surface area contributed by atoms with Crippen LogP contribution in [0.2, 0.25) is 0 Å². The van der Waals surface area contributed by atoms with Crippen molar-refractivity contribution in [3.8, 4) is 0 Å². The molecule has 0 radical (unpaired) electrons. The molecule has 3 aromatic carbocycles. The number of nitrogens with two attached hydrogens (primary N) is 1. The molecule has 8 heteroatoms. The molecule has 32 heavy (non-hydrogen) atoms. The van der Waals surface area contributed by atoms with Crippen LogP contribution in [0, 0.1) is 0 Å². The van der Waals surface area contributed by atoms with Crippen molar-refractivity contribution >= 4 is 30.9 Å². The SMILES string of the molecule is CC(C)c1cccc2c1c(S(N)(=O)=O)c(Cc1ccccc1)n2S(=O)(=O)c1ccccc1. The standard InChI is InChI=1S/C24H24N2O4S2/c1-17(2)20-14-9-15-21-23(20)24(31(25,27)28)22(16-18-10-5-3-6-11-18)26(21)32(29,30)19-12-7-4-8-13-19/h3-15,17H,16H2,1-2H3,(H2,25,27,28). The fourth-order valence-corrected chi connectivity index (χ4v) is 6.68. The summed E-state index contributed by atoms with van der Waals surface area (Å²) in [6.07, 6.45) is 0.0882. The van der Waals surface area contributed by atoms with E-state index in [1.807, 2.05) is 50.2 Å². The Balaban J connectivity index is 2.20. The maximum atomic E-state index is 13.8.